The molecule has 10 aromatic rings. The zero-order valence-corrected chi connectivity index (χ0v) is 31.3. The van der Waals surface area contributed by atoms with E-state index >= 15 is 0 Å². The van der Waals surface area contributed by atoms with Crippen molar-refractivity contribution in [2.75, 3.05) is 0 Å². The first kappa shape index (κ1) is 32.1. The van der Waals surface area contributed by atoms with Crippen molar-refractivity contribution in [3.05, 3.63) is 269 Å². The van der Waals surface area contributed by atoms with Crippen LogP contribution in [0, 0.1) is 0 Å². The van der Waals surface area contributed by atoms with Crippen LogP contribution in [0.1, 0.15) is 44.5 Å². The molecule has 1 heterocycles. The van der Waals surface area contributed by atoms with Gasteiger partial charge >= 0.3 is 0 Å². The van der Waals surface area contributed by atoms with Crippen LogP contribution in [0.5, 0.6) is 0 Å². The molecule has 0 saturated carbocycles. The van der Waals surface area contributed by atoms with E-state index in [2.05, 4.69) is 229 Å². The van der Waals surface area contributed by atoms with Crippen LogP contribution in [0.4, 0.5) is 0 Å². The molecular formula is C56H37N. The summed E-state index contributed by atoms with van der Waals surface area (Å²) in [5.74, 6) is 0. The number of hydrogen-bond donors (Lipinski definition) is 0. The van der Waals surface area contributed by atoms with Gasteiger partial charge in [-0.3, -0.25) is 0 Å². The quantitative estimate of drug-likeness (QED) is 0.167. The Morgan fingerprint density at radius 1 is 0.298 bits per heavy atom. The van der Waals surface area contributed by atoms with Gasteiger partial charge in [-0.05, 0) is 103 Å². The lowest BCUT2D eigenvalue weighted by atomic mass is 9.51. The van der Waals surface area contributed by atoms with Crippen molar-refractivity contribution in [1.29, 1.82) is 0 Å². The molecule has 0 radical (unpaired) electrons. The molecule has 9 aromatic carbocycles. The zero-order chi connectivity index (χ0) is 37.6. The normalized spacial score (nSPS) is 17.6. The summed E-state index contributed by atoms with van der Waals surface area (Å²) in [4.78, 5) is 0. The van der Waals surface area contributed by atoms with Crippen LogP contribution in [0.25, 0.3) is 49.7 Å². The molecule has 0 bridgehead atoms. The molecule has 1 aromatic heterocycles. The fourth-order valence-corrected chi connectivity index (χ4v) is 10.8. The van der Waals surface area contributed by atoms with Gasteiger partial charge in [0.05, 0.1) is 21.9 Å². The van der Waals surface area contributed by atoms with Gasteiger partial charge < -0.3 is 4.57 Å². The predicted octanol–water partition coefficient (Wildman–Crippen LogP) is 13.5. The molecule has 0 saturated heterocycles. The number of para-hydroxylation sites is 2. The average molecular weight is 724 g/mol. The van der Waals surface area contributed by atoms with Gasteiger partial charge in [-0.25, -0.2) is 0 Å². The molecule has 0 aliphatic heterocycles. The highest BCUT2D eigenvalue weighted by Gasteiger charge is 2.57. The topological polar surface area (TPSA) is 4.93 Å². The highest BCUT2D eigenvalue weighted by molar-refractivity contribution is 6.10. The first-order valence-electron chi connectivity index (χ1n) is 19.9. The second kappa shape index (κ2) is 12.1. The Labute approximate surface area is 332 Å². The SMILES string of the molecule is c1ccc(-n2c3ccccc3c3cc(-c4cccc(C5(c6ccccc6)c6ccccc6C6(c7ccccc7)c7ccccc7-c7cccc5c76)c4)ccc32)cc1. The summed E-state index contributed by atoms with van der Waals surface area (Å²) in [6.45, 7) is 0. The van der Waals surface area contributed by atoms with Gasteiger partial charge in [0.1, 0.15) is 0 Å². The Morgan fingerprint density at radius 2 is 0.825 bits per heavy atom. The van der Waals surface area contributed by atoms with E-state index in [0.717, 1.165) is 0 Å². The van der Waals surface area contributed by atoms with Gasteiger partial charge in [-0.1, -0.05) is 188 Å². The molecule has 2 atom stereocenters. The molecule has 1 nitrogen and oxygen atoms in total. The Morgan fingerprint density at radius 3 is 1.60 bits per heavy atom. The number of nitrogens with zero attached hydrogens (tertiary/aromatic N) is 1. The molecule has 57 heavy (non-hydrogen) atoms. The molecule has 2 aliphatic rings. The first-order valence-corrected chi connectivity index (χ1v) is 19.9. The van der Waals surface area contributed by atoms with Crippen molar-refractivity contribution in [1.82, 2.24) is 4.57 Å². The van der Waals surface area contributed by atoms with Gasteiger partial charge in [0.15, 0.2) is 0 Å². The van der Waals surface area contributed by atoms with Crippen LogP contribution in [-0.2, 0) is 10.8 Å². The predicted molar refractivity (Wildman–Crippen MR) is 235 cm³/mol. The van der Waals surface area contributed by atoms with Crippen LogP contribution in [0.15, 0.2) is 224 Å². The Hall–Kier alpha value is -7.22. The smallest absolute Gasteiger partial charge is 0.0720 e. The molecule has 0 fully saturated rings. The van der Waals surface area contributed by atoms with Crippen molar-refractivity contribution < 1.29 is 0 Å². The van der Waals surface area contributed by atoms with Crippen molar-refractivity contribution in [2.45, 2.75) is 10.8 Å². The van der Waals surface area contributed by atoms with E-state index in [-0.39, 0.29) is 0 Å². The van der Waals surface area contributed by atoms with Crippen LogP contribution >= 0.6 is 0 Å². The minimum atomic E-state index is -0.590. The lowest BCUT2D eigenvalue weighted by molar-refractivity contribution is 0.627. The number of benzene rings is 9. The van der Waals surface area contributed by atoms with Crippen molar-refractivity contribution in [3.63, 3.8) is 0 Å². The van der Waals surface area contributed by atoms with E-state index in [4.69, 9.17) is 0 Å². The third-order valence-corrected chi connectivity index (χ3v) is 12.9. The Balaban J connectivity index is 1.15. The summed E-state index contributed by atoms with van der Waals surface area (Å²) >= 11 is 0. The first-order chi connectivity index (χ1) is 28.3. The van der Waals surface area contributed by atoms with Crippen molar-refractivity contribution in [3.8, 4) is 27.9 Å². The largest absolute Gasteiger partial charge is 0.309 e. The minimum Gasteiger partial charge on any atom is -0.309 e. The van der Waals surface area contributed by atoms with E-state index in [0.29, 0.717) is 0 Å². The van der Waals surface area contributed by atoms with E-state index in [1.807, 2.05) is 0 Å². The number of hydrogen-bond acceptors (Lipinski definition) is 0. The minimum absolute atomic E-state index is 0.464. The van der Waals surface area contributed by atoms with Crippen LogP contribution in [0.2, 0.25) is 0 Å². The highest BCUT2D eigenvalue weighted by Crippen LogP contribution is 2.65. The van der Waals surface area contributed by atoms with Gasteiger partial charge in [0.2, 0.25) is 0 Å². The van der Waals surface area contributed by atoms with E-state index in [1.54, 1.807) is 0 Å². The maximum Gasteiger partial charge on any atom is 0.0720 e. The number of fused-ring (bicyclic) bond motifs is 8. The maximum absolute atomic E-state index is 2.47. The third-order valence-electron chi connectivity index (χ3n) is 12.9. The van der Waals surface area contributed by atoms with Gasteiger partial charge in [-0.15, -0.1) is 0 Å². The van der Waals surface area contributed by atoms with Gasteiger partial charge in [-0.2, -0.15) is 0 Å². The molecule has 1 heteroatoms. The summed E-state index contributed by atoms with van der Waals surface area (Å²) in [7, 11) is 0. The van der Waals surface area contributed by atoms with Crippen molar-refractivity contribution >= 4 is 21.8 Å². The lowest BCUT2D eigenvalue weighted by Gasteiger charge is -2.49. The Bertz CT molecular complexity index is 3180. The summed E-state index contributed by atoms with van der Waals surface area (Å²) in [6, 6.07) is 83.8. The van der Waals surface area contributed by atoms with Crippen LogP contribution in [0.3, 0.4) is 0 Å². The van der Waals surface area contributed by atoms with Crippen LogP contribution in [-0.4, -0.2) is 4.57 Å². The second-order valence-corrected chi connectivity index (χ2v) is 15.6. The Kier molecular flexibility index (Phi) is 6.83. The fourth-order valence-electron chi connectivity index (χ4n) is 10.8. The number of rotatable bonds is 5. The molecule has 0 N–H and O–H groups in total. The lowest BCUT2D eigenvalue weighted by Crippen LogP contribution is -2.44. The van der Waals surface area contributed by atoms with E-state index < -0.39 is 10.8 Å². The van der Waals surface area contributed by atoms with E-state index in [1.165, 1.54) is 94.3 Å². The second-order valence-electron chi connectivity index (χ2n) is 15.6. The summed E-state index contributed by atoms with van der Waals surface area (Å²) < 4.78 is 2.39. The molecule has 266 valence electrons. The monoisotopic (exact) mass is 723 g/mol. The molecular weight excluding hydrogens is 687 g/mol. The highest BCUT2D eigenvalue weighted by atomic mass is 15.0. The third kappa shape index (κ3) is 4.23. The number of aromatic nitrogens is 1. The van der Waals surface area contributed by atoms with Gasteiger partial charge in [0.25, 0.3) is 0 Å². The zero-order valence-electron chi connectivity index (χ0n) is 31.3. The molecule has 2 unspecified atom stereocenters. The maximum atomic E-state index is 2.47. The average Bonchev–Trinajstić information content (AvgIpc) is 3.79. The molecule has 0 spiro atoms. The molecule has 0 amide bonds. The van der Waals surface area contributed by atoms with E-state index in [9.17, 15) is 0 Å². The summed E-state index contributed by atoms with van der Waals surface area (Å²) in [6.07, 6.45) is 0. The standard InChI is InChI=1S/C56H37N/c1-4-19-40(20-5-1)55(42-23-16-18-38(36-42)39-34-35-53-47(37-39)45-27-11-15-33-52(45)57(53)43-24-8-3-9-25-43)49-30-13-14-31-50(49)56(41-21-6-2-7-22-41)48-29-12-10-26-44(48)46-28-17-32-51(55)54(46)56/h1-37H. The summed E-state index contributed by atoms with van der Waals surface area (Å²) in [5, 5.41) is 2.51. The fraction of sp³-hybridized carbons (Fsp3) is 0.0357. The van der Waals surface area contributed by atoms with Gasteiger partial charge in [0, 0.05) is 16.5 Å². The van der Waals surface area contributed by atoms with Crippen molar-refractivity contribution in [2.24, 2.45) is 0 Å². The summed E-state index contributed by atoms with van der Waals surface area (Å²) in [5.41, 5.74) is 18.1. The molecule has 2 aliphatic carbocycles. The molecule has 12 rings (SSSR count). The van der Waals surface area contributed by atoms with Crippen LogP contribution < -0.4 is 0 Å².